The lowest BCUT2D eigenvalue weighted by atomic mass is 10.1. The fraction of sp³-hybridized carbons (Fsp3) is 0.333. The molecule has 0 aliphatic heterocycles. The van der Waals surface area contributed by atoms with Crippen molar-refractivity contribution >= 4 is 5.69 Å². The van der Waals surface area contributed by atoms with Crippen LogP contribution in [0.1, 0.15) is 5.89 Å². The molecule has 0 radical (unpaired) electrons. The quantitative estimate of drug-likeness (QED) is 0.878. The molecule has 2 aromatic rings. The van der Waals surface area contributed by atoms with Crippen molar-refractivity contribution in [3.8, 4) is 17.1 Å². The summed E-state index contributed by atoms with van der Waals surface area (Å²) in [5.74, 6) is 1.59. The van der Waals surface area contributed by atoms with E-state index >= 15 is 0 Å². The third-order valence-electron chi connectivity index (χ3n) is 2.58. The van der Waals surface area contributed by atoms with Crippen LogP contribution >= 0.6 is 0 Å². The smallest absolute Gasteiger partial charge is 0.240 e. The Morgan fingerprint density at radius 2 is 2.17 bits per heavy atom. The number of nitrogens with two attached hydrogens (primary N) is 1. The van der Waals surface area contributed by atoms with Gasteiger partial charge >= 0.3 is 0 Å². The van der Waals surface area contributed by atoms with Crippen LogP contribution in [0.15, 0.2) is 22.7 Å². The molecule has 1 aromatic heterocycles. The van der Waals surface area contributed by atoms with Gasteiger partial charge < -0.3 is 19.9 Å². The average Bonchev–Trinajstić information content (AvgIpc) is 2.86. The third kappa shape index (κ3) is 2.28. The molecular formula is C12H16N4O2. The van der Waals surface area contributed by atoms with Gasteiger partial charge in [-0.2, -0.15) is 4.98 Å². The number of anilines is 1. The maximum absolute atomic E-state index is 5.45. The van der Waals surface area contributed by atoms with Gasteiger partial charge in [-0.25, -0.2) is 0 Å². The van der Waals surface area contributed by atoms with Gasteiger partial charge in [-0.15, -0.1) is 0 Å². The summed E-state index contributed by atoms with van der Waals surface area (Å²) in [6.45, 7) is 0.225. The van der Waals surface area contributed by atoms with Crippen molar-refractivity contribution in [1.82, 2.24) is 10.1 Å². The van der Waals surface area contributed by atoms with Crippen LogP contribution in [0.2, 0.25) is 0 Å². The van der Waals surface area contributed by atoms with Crippen LogP contribution in [0.4, 0.5) is 5.69 Å². The van der Waals surface area contributed by atoms with E-state index in [2.05, 4.69) is 10.1 Å². The molecule has 0 aliphatic rings. The summed E-state index contributed by atoms with van der Waals surface area (Å²) in [4.78, 5) is 6.20. The lowest BCUT2D eigenvalue weighted by Gasteiger charge is -2.14. The number of benzene rings is 1. The van der Waals surface area contributed by atoms with Crippen LogP contribution < -0.4 is 15.4 Å². The number of methoxy groups -OCH3 is 1. The summed E-state index contributed by atoms with van der Waals surface area (Å²) in [5, 5.41) is 3.90. The van der Waals surface area contributed by atoms with E-state index in [-0.39, 0.29) is 6.54 Å². The molecule has 1 aromatic carbocycles. The first-order valence-electron chi connectivity index (χ1n) is 5.54. The first-order valence-corrected chi connectivity index (χ1v) is 5.54. The van der Waals surface area contributed by atoms with E-state index in [9.17, 15) is 0 Å². The standard InChI is InChI=1S/C12H16N4O2/c1-16(2)8-4-5-10(17-3)9(6-8)12-14-11(7-13)18-15-12/h4-6H,7,13H2,1-3H3. The van der Waals surface area contributed by atoms with E-state index in [4.69, 9.17) is 15.0 Å². The minimum absolute atomic E-state index is 0.225. The van der Waals surface area contributed by atoms with Gasteiger partial charge in [0.15, 0.2) is 0 Å². The molecule has 0 fully saturated rings. The van der Waals surface area contributed by atoms with Crippen molar-refractivity contribution in [2.45, 2.75) is 6.54 Å². The van der Waals surface area contributed by atoms with E-state index in [0.29, 0.717) is 17.5 Å². The number of ether oxygens (including phenoxy) is 1. The Labute approximate surface area is 105 Å². The first kappa shape index (κ1) is 12.4. The Morgan fingerprint density at radius 3 is 2.72 bits per heavy atom. The predicted octanol–water partition coefficient (Wildman–Crippen LogP) is 1.27. The SMILES string of the molecule is COc1ccc(N(C)C)cc1-c1noc(CN)n1. The summed E-state index contributed by atoms with van der Waals surface area (Å²) >= 11 is 0. The largest absolute Gasteiger partial charge is 0.496 e. The van der Waals surface area contributed by atoms with E-state index in [1.54, 1.807) is 7.11 Å². The Bertz CT molecular complexity index is 537. The maximum Gasteiger partial charge on any atom is 0.240 e. The number of aromatic nitrogens is 2. The summed E-state index contributed by atoms with van der Waals surface area (Å²) in [5.41, 5.74) is 7.27. The van der Waals surface area contributed by atoms with E-state index in [1.165, 1.54) is 0 Å². The Hall–Kier alpha value is -2.08. The Morgan fingerprint density at radius 1 is 1.39 bits per heavy atom. The van der Waals surface area contributed by atoms with Crippen LogP contribution in [0.3, 0.4) is 0 Å². The third-order valence-corrected chi connectivity index (χ3v) is 2.58. The lowest BCUT2D eigenvalue weighted by Crippen LogP contribution is -2.08. The summed E-state index contributed by atoms with van der Waals surface area (Å²) in [6.07, 6.45) is 0. The maximum atomic E-state index is 5.45. The van der Waals surface area contributed by atoms with Crippen molar-refractivity contribution in [2.24, 2.45) is 5.73 Å². The molecule has 0 bridgehead atoms. The van der Waals surface area contributed by atoms with Gasteiger partial charge in [0.2, 0.25) is 11.7 Å². The molecule has 0 atom stereocenters. The summed E-state index contributed by atoms with van der Waals surface area (Å²) in [7, 11) is 5.54. The second-order valence-corrected chi connectivity index (χ2v) is 3.99. The van der Waals surface area contributed by atoms with Gasteiger partial charge in [-0.1, -0.05) is 5.16 Å². The fourth-order valence-electron chi connectivity index (χ4n) is 1.60. The number of rotatable bonds is 4. The molecule has 0 aliphatic carbocycles. The highest BCUT2D eigenvalue weighted by atomic mass is 16.5. The fourth-order valence-corrected chi connectivity index (χ4v) is 1.60. The minimum atomic E-state index is 0.225. The molecule has 0 amide bonds. The van der Waals surface area contributed by atoms with Crippen LogP contribution in [-0.4, -0.2) is 31.3 Å². The van der Waals surface area contributed by atoms with E-state index < -0.39 is 0 Å². The predicted molar refractivity (Wildman–Crippen MR) is 68.5 cm³/mol. The highest BCUT2D eigenvalue weighted by Gasteiger charge is 2.14. The molecule has 6 nitrogen and oxygen atoms in total. The second kappa shape index (κ2) is 5.05. The Balaban J connectivity index is 2.49. The lowest BCUT2D eigenvalue weighted by molar-refractivity contribution is 0.380. The summed E-state index contributed by atoms with van der Waals surface area (Å²) < 4.78 is 10.3. The van der Waals surface area contributed by atoms with E-state index in [1.807, 2.05) is 37.2 Å². The topological polar surface area (TPSA) is 77.4 Å². The zero-order valence-electron chi connectivity index (χ0n) is 10.7. The first-order chi connectivity index (χ1) is 8.65. The zero-order valence-corrected chi connectivity index (χ0v) is 10.7. The van der Waals surface area contributed by atoms with Gasteiger partial charge in [-0.05, 0) is 18.2 Å². The zero-order chi connectivity index (χ0) is 13.1. The minimum Gasteiger partial charge on any atom is -0.496 e. The molecule has 2 N–H and O–H groups in total. The molecule has 0 unspecified atom stereocenters. The van der Waals surface area contributed by atoms with Crippen LogP contribution in [0, 0.1) is 0 Å². The second-order valence-electron chi connectivity index (χ2n) is 3.99. The van der Waals surface area contributed by atoms with Gasteiger partial charge in [0.1, 0.15) is 5.75 Å². The number of nitrogens with zero attached hydrogens (tertiary/aromatic N) is 3. The molecule has 0 saturated carbocycles. The van der Waals surface area contributed by atoms with Gasteiger partial charge in [0.05, 0.1) is 19.2 Å². The van der Waals surface area contributed by atoms with Crippen LogP contribution in [0.5, 0.6) is 5.75 Å². The van der Waals surface area contributed by atoms with Crippen LogP contribution in [0.25, 0.3) is 11.4 Å². The van der Waals surface area contributed by atoms with Crippen molar-refractivity contribution < 1.29 is 9.26 Å². The molecule has 18 heavy (non-hydrogen) atoms. The highest BCUT2D eigenvalue weighted by Crippen LogP contribution is 2.31. The normalized spacial score (nSPS) is 10.4. The number of hydrogen-bond acceptors (Lipinski definition) is 6. The molecule has 1 heterocycles. The molecule has 0 saturated heterocycles. The van der Waals surface area contributed by atoms with E-state index in [0.717, 1.165) is 11.3 Å². The monoisotopic (exact) mass is 248 g/mol. The van der Waals surface area contributed by atoms with Crippen molar-refractivity contribution in [1.29, 1.82) is 0 Å². The van der Waals surface area contributed by atoms with Crippen molar-refractivity contribution in [2.75, 3.05) is 26.1 Å². The van der Waals surface area contributed by atoms with Gasteiger partial charge in [-0.3, -0.25) is 0 Å². The molecule has 96 valence electrons. The Kier molecular flexibility index (Phi) is 3.47. The van der Waals surface area contributed by atoms with Gasteiger partial charge in [0, 0.05) is 19.8 Å². The summed E-state index contributed by atoms with van der Waals surface area (Å²) in [6, 6.07) is 5.79. The molecule has 6 heteroatoms. The van der Waals surface area contributed by atoms with Crippen molar-refractivity contribution in [3.05, 3.63) is 24.1 Å². The molecule has 0 spiro atoms. The molecule has 2 rings (SSSR count). The van der Waals surface area contributed by atoms with Crippen molar-refractivity contribution in [3.63, 3.8) is 0 Å². The number of hydrogen-bond donors (Lipinski definition) is 1. The highest BCUT2D eigenvalue weighted by molar-refractivity contribution is 5.69. The molecular weight excluding hydrogens is 232 g/mol. The van der Waals surface area contributed by atoms with Crippen LogP contribution in [-0.2, 0) is 6.54 Å². The average molecular weight is 248 g/mol. The van der Waals surface area contributed by atoms with Gasteiger partial charge in [0.25, 0.3) is 0 Å².